The molecule has 11 heavy (non-hydrogen) atoms. The molecular formula is C7H16O2SiZr+2. The van der Waals surface area contributed by atoms with Crippen LogP contribution in [0.3, 0.4) is 0 Å². The predicted molar refractivity (Wildman–Crippen MR) is 45.9 cm³/mol. The zero-order valence-corrected chi connectivity index (χ0v) is 11.2. The van der Waals surface area contributed by atoms with Crippen molar-refractivity contribution in [3.63, 3.8) is 0 Å². The van der Waals surface area contributed by atoms with Gasteiger partial charge in [0.1, 0.15) is 0 Å². The van der Waals surface area contributed by atoms with Gasteiger partial charge in [-0.3, -0.25) is 0 Å². The second kappa shape index (κ2) is 5.52. The maximum absolute atomic E-state index is 5.59. The third-order valence-corrected chi connectivity index (χ3v) is 2.36. The molecule has 0 saturated heterocycles. The van der Waals surface area contributed by atoms with E-state index in [1.165, 1.54) is 24.2 Å². The molecule has 0 atom stereocenters. The molecule has 0 aromatic rings. The summed E-state index contributed by atoms with van der Waals surface area (Å²) in [6.07, 6.45) is 0. The summed E-state index contributed by atoms with van der Waals surface area (Å²) >= 11 is 1.35. The van der Waals surface area contributed by atoms with E-state index < -0.39 is 8.32 Å². The van der Waals surface area contributed by atoms with Gasteiger partial charge in [-0.05, 0) is 0 Å². The van der Waals surface area contributed by atoms with E-state index in [0.29, 0.717) is 6.61 Å². The summed E-state index contributed by atoms with van der Waals surface area (Å²) in [6.45, 7) is 9.99. The molecule has 0 bridgehead atoms. The van der Waals surface area contributed by atoms with E-state index >= 15 is 0 Å². The first-order valence-corrected chi connectivity index (χ1v) is 8.37. The fourth-order valence-corrected chi connectivity index (χ4v) is 1.49. The number of hydrogen-bond donors (Lipinski definition) is 0. The van der Waals surface area contributed by atoms with Crippen molar-refractivity contribution >= 4 is 11.7 Å². The molecule has 0 heterocycles. The Balaban J connectivity index is 3.22. The van der Waals surface area contributed by atoms with Crippen molar-refractivity contribution in [2.24, 2.45) is 0 Å². The molecule has 0 N–H and O–H groups in total. The zero-order valence-electron chi connectivity index (χ0n) is 7.73. The topological polar surface area (TPSA) is 18.5 Å². The molecule has 0 unspecified atom stereocenters. The average molecular weight is 252 g/mol. The van der Waals surface area contributed by atoms with E-state index in [-0.39, 0.29) is 0 Å². The van der Waals surface area contributed by atoms with Crippen molar-refractivity contribution in [3.05, 3.63) is 0 Å². The van der Waals surface area contributed by atoms with Gasteiger partial charge in [-0.2, -0.15) is 0 Å². The van der Waals surface area contributed by atoms with E-state index in [9.17, 15) is 0 Å². The van der Waals surface area contributed by atoms with Crippen molar-refractivity contribution in [3.8, 4) is 0 Å². The van der Waals surface area contributed by atoms with Gasteiger partial charge in [-0.15, -0.1) is 0 Å². The van der Waals surface area contributed by atoms with Crippen LogP contribution in [0.15, 0.2) is 0 Å². The van der Waals surface area contributed by atoms with E-state index in [1.54, 1.807) is 0 Å². The third-order valence-electron chi connectivity index (χ3n) is 0.937. The average Bonchev–Trinajstić information content (AvgIpc) is 1.78. The van der Waals surface area contributed by atoms with Crippen LogP contribution in [0.25, 0.3) is 0 Å². The molecule has 2 nitrogen and oxygen atoms in total. The van der Waals surface area contributed by atoms with Gasteiger partial charge < -0.3 is 0 Å². The fourth-order valence-electron chi connectivity index (χ4n) is 0.543. The quantitative estimate of drug-likeness (QED) is 0.545. The van der Waals surface area contributed by atoms with Crippen LogP contribution in [0, 0.1) is 0 Å². The number of rotatable bonds is 5. The molecule has 0 aliphatic carbocycles. The van der Waals surface area contributed by atoms with Gasteiger partial charge in [0.2, 0.25) is 0 Å². The Morgan fingerprint density at radius 3 is 2.18 bits per heavy atom. The zero-order chi connectivity index (χ0) is 8.91. The Kier molecular flexibility index (Phi) is 5.97. The molecule has 0 aliphatic rings. The number of ether oxygens (including phenoxy) is 1. The van der Waals surface area contributed by atoms with Crippen molar-refractivity contribution in [1.82, 2.24) is 0 Å². The SMILES string of the molecule is C[C](=[Zr+2])OCCO[Si](C)(C)C. The van der Waals surface area contributed by atoms with Crippen LogP contribution >= 0.6 is 0 Å². The summed E-state index contributed by atoms with van der Waals surface area (Å²) < 4.78 is 12.0. The first-order valence-electron chi connectivity index (χ1n) is 3.74. The van der Waals surface area contributed by atoms with Crippen molar-refractivity contribution in [2.45, 2.75) is 26.6 Å². The van der Waals surface area contributed by atoms with Crippen LogP contribution in [0.4, 0.5) is 0 Å². The standard InChI is InChI=1S/C7H16O2Si.Zr/c1-5-8-6-7-9-10(2,3)4;/h6-7H2,1-4H3;/q;+2. The van der Waals surface area contributed by atoms with Crippen molar-refractivity contribution < 1.29 is 33.4 Å². The first kappa shape index (κ1) is 11.9. The summed E-state index contributed by atoms with van der Waals surface area (Å²) in [6, 6.07) is 0. The molecule has 0 aliphatic heterocycles. The van der Waals surface area contributed by atoms with Crippen LogP contribution in [0.5, 0.6) is 0 Å². The molecule has 4 heteroatoms. The Morgan fingerprint density at radius 1 is 1.27 bits per heavy atom. The van der Waals surface area contributed by atoms with Crippen LogP contribution in [-0.4, -0.2) is 24.9 Å². The Hall–Kier alpha value is 0.890. The Labute approximate surface area is 84.7 Å². The summed E-state index contributed by atoms with van der Waals surface area (Å²) in [5.74, 6) is 0. The molecule has 0 fully saturated rings. The van der Waals surface area contributed by atoms with E-state index in [0.717, 1.165) is 10.00 Å². The molecule has 0 aromatic heterocycles. The van der Waals surface area contributed by atoms with Crippen LogP contribution in [-0.2, 0) is 33.4 Å². The normalized spacial score (nSPS) is 11.8. The van der Waals surface area contributed by atoms with Gasteiger partial charge in [0.15, 0.2) is 0 Å². The molecule has 0 amide bonds. The van der Waals surface area contributed by atoms with Crippen molar-refractivity contribution in [1.29, 1.82) is 0 Å². The van der Waals surface area contributed by atoms with Gasteiger partial charge in [0.05, 0.1) is 0 Å². The minimum atomic E-state index is -1.31. The summed E-state index contributed by atoms with van der Waals surface area (Å²) in [7, 11) is -1.31. The second-order valence-corrected chi connectivity index (χ2v) is 9.61. The van der Waals surface area contributed by atoms with Gasteiger partial charge in [-0.25, -0.2) is 0 Å². The van der Waals surface area contributed by atoms with Gasteiger partial charge in [0.25, 0.3) is 0 Å². The second-order valence-electron chi connectivity index (χ2n) is 3.37. The van der Waals surface area contributed by atoms with E-state index in [1.807, 2.05) is 6.92 Å². The Bertz CT molecular complexity index is 131. The summed E-state index contributed by atoms with van der Waals surface area (Å²) in [5, 5.41) is 0. The van der Waals surface area contributed by atoms with Gasteiger partial charge >= 0.3 is 84.9 Å². The molecule has 0 radical (unpaired) electrons. The fraction of sp³-hybridized carbons (Fsp3) is 0.857. The summed E-state index contributed by atoms with van der Waals surface area (Å²) in [5.41, 5.74) is 0. The third kappa shape index (κ3) is 10.9. The van der Waals surface area contributed by atoms with Crippen LogP contribution in [0.1, 0.15) is 6.92 Å². The molecule has 0 spiro atoms. The molecule has 0 saturated carbocycles. The predicted octanol–water partition coefficient (Wildman–Crippen LogP) is 1.55. The Morgan fingerprint density at radius 2 is 1.82 bits per heavy atom. The monoisotopic (exact) mass is 250 g/mol. The van der Waals surface area contributed by atoms with Crippen LogP contribution < -0.4 is 0 Å². The van der Waals surface area contributed by atoms with E-state index in [4.69, 9.17) is 9.16 Å². The maximum atomic E-state index is 5.59. The van der Waals surface area contributed by atoms with Gasteiger partial charge in [0, 0.05) is 0 Å². The van der Waals surface area contributed by atoms with E-state index in [2.05, 4.69) is 19.6 Å². The molecule has 0 rings (SSSR count). The molecule has 62 valence electrons. The molecule has 0 aromatic carbocycles. The first-order chi connectivity index (χ1) is 4.92. The summed E-state index contributed by atoms with van der Waals surface area (Å²) in [4.78, 5) is 0. The van der Waals surface area contributed by atoms with Gasteiger partial charge in [-0.1, -0.05) is 0 Å². The van der Waals surface area contributed by atoms with Crippen LogP contribution in [0.2, 0.25) is 19.6 Å². The van der Waals surface area contributed by atoms with Crippen molar-refractivity contribution in [2.75, 3.05) is 13.2 Å². The number of hydrogen-bond acceptors (Lipinski definition) is 2. The minimum absolute atomic E-state index is 0.710. The molecular weight excluding hydrogens is 235 g/mol.